The molecule has 0 saturated heterocycles. The minimum atomic E-state index is -4.74. The number of carbonyl (C=O) groups is 1. The number of hydrogen-bond donors (Lipinski definition) is 1. The molecule has 4 aromatic rings. The Morgan fingerprint density at radius 1 is 0.929 bits per heavy atom. The maximum Gasteiger partial charge on any atom is 0.471 e. The van der Waals surface area contributed by atoms with Gasteiger partial charge in [-0.3, -0.25) is 4.79 Å². The van der Waals surface area contributed by atoms with Crippen LogP contribution in [0.15, 0.2) is 65.2 Å². The van der Waals surface area contributed by atoms with Gasteiger partial charge in [0.25, 0.3) is 0 Å². The molecule has 0 bridgehead atoms. The molecule has 0 aliphatic heterocycles. The maximum atomic E-state index is 12.7. The second kappa shape index (κ2) is 6.49. The van der Waals surface area contributed by atoms with Crippen LogP contribution in [0.25, 0.3) is 33.3 Å². The van der Waals surface area contributed by atoms with Crippen LogP contribution in [-0.4, -0.2) is 16.0 Å². The molecule has 0 radical (unpaired) electrons. The first-order valence-corrected chi connectivity index (χ1v) is 8.17. The van der Waals surface area contributed by atoms with Gasteiger partial charge in [0.1, 0.15) is 0 Å². The van der Waals surface area contributed by atoms with Crippen LogP contribution in [0.2, 0.25) is 0 Å². The number of hydrogen-bond acceptors (Lipinski definition) is 4. The molecular weight excluding hydrogens is 371 g/mol. The summed E-state index contributed by atoms with van der Waals surface area (Å²) in [6.07, 6.45) is -4.74. The average Bonchev–Trinajstić information content (AvgIpc) is 3.18. The van der Waals surface area contributed by atoms with Gasteiger partial charge >= 0.3 is 12.1 Å². The molecule has 2 N–H and O–H groups in total. The highest BCUT2D eigenvalue weighted by Crippen LogP contribution is 2.33. The molecule has 28 heavy (non-hydrogen) atoms. The molecular formula is C20H12F3N3O2. The zero-order chi connectivity index (χ0) is 19.9. The first-order valence-electron chi connectivity index (χ1n) is 8.17. The normalized spacial score (nSPS) is 11.7. The second-order valence-electron chi connectivity index (χ2n) is 6.11. The molecule has 0 spiro atoms. The zero-order valence-corrected chi connectivity index (χ0v) is 14.2. The highest BCUT2D eigenvalue weighted by molar-refractivity contribution is 6.01. The Labute approximate surface area is 156 Å². The van der Waals surface area contributed by atoms with E-state index >= 15 is 0 Å². The van der Waals surface area contributed by atoms with Gasteiger partial charge in [0.15, 0.2) is 0 Å². The molecule has 5 nitrogen and oxygen atoms in total. The van der Waals surface area contributed by atoms with Crippen LogP contribution in [0.3, 0.4) is 0 Å². The van der Waals surface area contributed by atoms with Crippen LogP contribution < -0.4 is 5.73 Å². The quantitative estimate of drug-likeness (QED) is 0.557. The minimum Gasteiger partial charge on any atom is -0.366 e. The largest absolute Gasteiger partial charge is 0.471 e. The molecule has 8 heteroatoms. The summed E-state index contributed by atoms with van der Waals surface area (Å²) < 4.78 is 42.5. The number of benzene rings is 3. The zero-order valence-electron chi connectivity index (χ0n) is 14.2. The molecule has 0 aliphatic carbocycles. The van der Waals surface area contributed by atoms with Crippen LogP contribution in [0.5, 0.6) is 0 Å². The number of primary amides is 1. The van der Waals surface area contributed by atoms with E-state index in [2.05, 4.69) is 14.7 Å². The number of alkyl halides is 3. The predicted octanol–water partition coefficient (Wildman–Crippen LogP) is 4.67. The van der Waals surface area contributed by atoms with Gasteiger partial charge in [0, 0.05) is 11.1 Å². The third-order valence-corrected chi connectivity index (χ3v) is 4.27. The summed E-state index contributed by atoms with van der Waals surface area (Å²) in [6.45, 7) is 0. The fraction of sp³-hybridized carbons (Fsp3) is 0.0500. The van der Waals surface area contributed by atoms with Crippen molar-refractivity contribution in [1.82, 2.24) is 10.1 Å². The van der Waals surface area contributed by atoms with Crippen molar-refractivity contribution in [2.75, 3.05) is 0 Å². The van der Waals surface area contributed by atoms with Crippen molar-refractivity contribution in [2.24, 2.45) is 5.73 Å². The Bertz CT molecular complexity index is 1200. The number of nitrogens with zero attached hydrogens (tertiary/aromatic N) is 2. The van der Waals surface area contributed by atoms with Crippen molar-refractivity contribution in [2.45, 2.75) is 6.18 Å². The third kappa shape index (κ3) is 3.20. The Balaban J connectivity index is 1.86. The minimum absolute atomic E-state index is 0.231. The van der Waals surface area contributed by atoms with E-state index in [1.807, 2.05) is 42.5 Å². The summed E-state index contributed by atoms with van der Waals surface area (Å²) in [5.74, 6) is -2.32. The van der Waals surface area contributed by atoms with E-state index in [4.69, 9.17) is 5.73 Å². The van der Waals surface area contributed by atoms with Gasteiger partial charge < -0.3 is 10.3 Å². The first-order chi connectivity index (χ1) is 13.3. The number of nitrogens with two attached hydrogens (primary N) is 1. The van der Waals surface area contributed by atoms with Crippen molar-refractivity contribution in [3.8, 4) is 22.5 Å². The van der Waals surface area contributed by atoms with Gasteiger partial charge in [0.2, 0.25) is 11.7 Å². The topological polar surface area (TPSA) is 82.0 Å². The Morgan fingerprint density at radius 3 is 2.32 bits per heavy atom. The van der Waals surface area contributed by atoms with Crippen molar-refractivity contribution in [3.05, 3.63) is 72.1 Å². The van der Waals surface area contributed by atoms with Gasteiger partial charge in [-0.25, -0.2) is 0 Å². The van der Waals surface area contributed by atoms with Gasteiger partial charge in [-0.05, 0) is 40.1 Å². The molecule has 4 rings (SSSR count). The summed E-state index contributed by atoms with van der Waals surface area (Å²) in [5.41, 5.74) is 7.14. The van der Waals surface area contributed by atoms with Gasteiger partial charge in [-0.1, -0.05) is 47.6 Å². The molecule has 0 unspecified atom stereocenters. The smallest absolute Gasteiger partial charge is 0.366 e. The molecule has 0 fully saturated rings. The second-order valence-corrected chi connectivity index (χ2v) is 6.11. The number of carbonyl (C=O) groups excluding carboxylic acids is 1. The molecule has 140 valence electrons. The average molecular weight is 383 g/mol. The lowest BCUT2D eigenvalue weighted by Crippen LogP contribution is -2.12. The van der Waals surface area contributed by atoms with E-state index < -0.39 is 18.0 Å². The third-order valence-electron chi connectivity index (χ3n) is 4.27. The summed E-state index contributed by atoms with van der Waals surface area (Å²) in [4.78, 5) is 15.3. The lowest BCUT2D eigenvalue weighted by Gasteiger charge is -2.10. The Kier molecular flexibility index (Phi) is 4.11. The van der Waals surface area contributed by atoms with Crippen LogP contribution >= 0.6 is 0 Å². The molecule has 0 saturated carbocycles. The maximum absolute atomic E-state index is 12.7. The molecule has 3 aromatic carbocycles. The summed E-state index contributed by atoms with van der Waals surface area (Å²) >= 11 is 0. The van der Waals surface area contributed by atoms with Crippen molar-refractivity contribution in [3.63, 3.8) is 0 Å². The number of fused-ring (bicyclic) bond motifs is 1. The number of aromatic nitrogens is 2. The number of amides is 1. The lowest BCUT2D eigenvalue weighted by molar-refractivity contribution is -0.159. The molecule has 0 atom stereocenters. The van der Waals surface area contributed by atoms with E-state index in [-0.39, 0.29) is 17.0 Å². The fourth-order valence-corrected chi connectivity index (χ4v) is 2.95. The molecule has 1 heterocycles. The standard InChI is InChI=1S/C20H12F3N3O2/c21-20(22,23)19-25-18(26-28-19)14-7-8-15(17(24)27)16(10-14)13-6-5-11-3-1-2-4-12(11)9-13/h1-10H,(H2,24,27). The lowest BCUT2D eigenvalue weighted by atomic mass is 9.95. The first kappa shape index (κ1) is 17.7. The molecule has 1 amide bonds. The number of rotatable bonds is 3. The van der Waals surface area contributed by atoms with Gasteiger partial charge in [-0.15, -0.1) is 0 Å². The molecule has 0 aliphatic rings. The van der Waals surface area contributed by atoms with Crippen LogP contribution in [-0.2, 0) is 6.18 Å². The van der Waals surface area contributed by atoms with Crippen LogP contribution in [0.1, 0.15) is 16.2 Å². The SMILES string of the molecule is NC(=O)c1ccc(-c2noc(C(F)(F)F)n2)cc1-c1ccc2ccccc2c1. The monoisotopic (exact) mass is 383 g/mol. The Hall–Kier alpha value is -3.68. The van der Waals surface area contributed by atoms with Gasteiger partial charge in [0.05, 0.1) is 0 Å². The van der Waals surface area contributed by atoms with Crippen molar-refractivity contribution >= 4 is 16.7 Å². The van der Waals surface area contributed by atoms with Crippen LogP contribution in [0, 0.1) is 0 Å². The van der Waals surface area contributed by atoms with E-state index in [0.717, 1.165) is 10.8 Å². The highest BCUT2D eigenvalue weighted by atomic mass is 19.4. The Morgan fingerprint density at radius 2 is 1.64 bits per heavy atom. The predicted molar refractivity (Wildman–Crippen MR) is 96.2 cm³/mol. The van der Waals surface area contributed by atoms with Gasteiger partial charge in [-0.2, -0.15) is 18.2 Å². The summed E-state index contributed by atoms with van der Waals surface area (Å²) in [5, 5.41) is 5.34. The summed E-state index contributed by atoms with van der Waals surface area (Å²) in [6, 6.07) is 17.6. The van der Waals surface area contributed by atoms with E-state index in [0.29, 0.717) is 11.1 Å². The van der Waals surface area contributed by atoms with Crippen LogP contribution in [0.4, 0.5) is 13.2 Å². The van der Waals surface area contributed by atoms with Crippen molar-refractivity contribution < 1.29 is 22.5 Å². The highest BCUT2D eigenvalue weighted by Gasteiger charge is 2.38. The molecule has 1 aromatic heterocycles. The van der Waals surface area contributed by atoms with Crippen molar-refractivity contribution in [1.29, 1.82) is 0 Å². The number of halogens is 3. The van der Waals surface area contributed by atoms with E-state index in [1.54, 1.807) is 0 Å². The summed E-state index contributed by atoms with van der Waals surface area (Å²) in [7, 11) is 0. The fourth-order valence-electron chi connectivity index (χ4n) is 2.95. The van der Waals surface area contributed by atoms with E-state index in [9.17, 15) is 18.0 Å². The van der Waals surface area contributed by atoms with E-state index in [1.165, 1.54) is 18.2 Å².